The van der Waals surface area contributed by atoms with Gasteiger partial charge in [-0.15, -0.1) is 0 Å². The molecule has 0 N–H and O–H groups in total. The van der Waals surface area contributed by atoms with Crippen molar-refractivity contribution in [1.82, 2.24) is 9.80 Å². The van der Waals surface area contributed by atoms with Gasteiger partial charge in [-0.25, -0.2) is 0 Å². The lowest BCUT2D eigenvalue weighted by Gasteiger charge is -2.40. The number of rotatable bonds is 3. The monoisotopic (exact) mass is 238 g/mol. The van der Waals surface area contributed by atoms with Crippen molar-refractivity contribution in [3.05, 3.63) is 0 Å². The molecule has 2 fully saturated rings. The molecule has 0 aromatic carbocycles. The minimum atomic E-state index is 0.224. The third-order valence-electron chi connectivity index (χ3n) is 4.59. The molecule has 3 heteroatoms. The fourth-order valence-electron chi connectivity index (χ4n) is 3.29. The van der Waals surface area contributed by atoms with E-state index in [0.29, 0.717) is 11.8 Å². The second kappa shape index (κ2) is 5.96. The summed E-state index contributed by atoms with van der Waals surface area (Å²) in [6, 6.07) is 0.853. The van der Waals surface area contributed by atoms with Crippen LogP contribution in [0.2, 0.25) is 0 Å². The molecule has 2 aliphatic rings. The molecule has 1 heterocycles. The Morgan fingerprint density at radius 2 is 1.94 bits per heavy atom. The van der Waals surface area contributed by atoms with Crippen LogP contribution in [0.5, 0.6) is 0 Å². The maximum absolute atomic E-state index is 11.9. The molecule has 0 aromatic rings. The van der Waals surface area contributed by atoms with Crippen molar-refractivity contribution in [1.29, 1.82) is 0 Å². The van der Waals surface area contributed by atoms with E-state index >= 15 is 0 Å². The normalized spacial score (nSPS) is 28.9. The van der Waals surface area contributed by atoms with Gasteiger partial charge in [0.15, 0.2) is 0 Å². The van der Waals surface area contributed by atoms with Crippen molar-refractivity contribution < 1.29 is 4.79 Å². The fraction of sp³-hybridized carbons (Fsp3) is 0.929. The van der Waals surface area contributed by atoms with Crippen molar-refractivity contribution in [2.75, 3.05) is 26.7 Å². The number of ketones is 1. The van der Waals surface area contributed by atoms with Crippen LogP contribution >= 0.6 is 0 Å². The highest BCUT2D eigenvalue weighted by Gasteiger charge is 2.31. The summed E-state index contributed by atoms with van der Waals surface area (Å²) in [5.41, 5.74) is 0. The van der Waals surface area contributed by atoms with Crippen LogP contribution in [-0.4, -0.2) is 54.3 Å². The first-order chi connectivity index (χ1) is 8.22. The van der Waals surface area contributed by atoms with E-state index in [0.717, 1.165) is 19.3 Å². The first kappa shape index (κ1) is 13.0. The van der Waals surface area contributed by atoms with Gasteiger partial charge >= 0.3 is 0 Å². The fourth-order valence-corrected chi connectivity index (χ4v) is 3.29. The molecular formula is C14H26N2O. The molecule has 1 aliphatic heterocycles. The Bertz CT molecular complexity index is 259. The van der Waals surface area contributed by atoms with Gasteiger partial charge in [-0.05, 0) is 52.4 Å². The minimum Gasteiger partial charge on any atom is -0.303 e. The maximum Gasteiger partial charge on any atom is 0.149 e. The Hall–Kier alpha value is -0.410. The van der Waals surface area contributed by atoms with E-state index in [1.54, 1.807) is 0 Å². The molecule has 2 rings (SSSR count). The molecule has 0 aromatic heterocycles. The lowest BCUT2D eigenvalue weighted by molar-refractivity contribution is -0.126. The second-order valence-electron chi connectivity index (χ2n) is 5.56. The third-order valence-corrected chi connectivity index (χ3v) is 4.59. The molecule has 0 radical (unpaired) electrons. The summed E-state index contributed by atoms with van der Waals surface area (Å²) in [5.74, 6) is 0.483. The molecule has 0 amide bonds. The highest BCUT2D eigenvalue weighted by Crippen LogP contribution is 2.24. The van der Waals surface area contributed by atoms with E-state index in [-0.39, 0.29) is 6.04 Å². The lowest BCUT2D eigenvalue weighted by Crippen LogP contribution is -2.50. The summed E-state index contributed by atoms with van der Waals surface area (Å²) in [7, 11) is 2.17. The number of piperidine rings is 1. The van der Waals surface area contributed by atoms with Crippen LogP contribution < -0.4 is 0 Å². The minimum absolute atomic E-state index is 0.224. The van der Waals surface area contributed by atoms with Crippen LogP contribution in [0, 0.1) is 0 Å². The Labute approximate surface area is 105 Å². The van der Waals surface area contributed by atoms with E-state index in [2.05, 4.69) is 23.8 Å². The Kier molecular flexibility index (Phi) is 4.57. The highest BCUT2D eigenvalue weighted by molar-refractivity contribution is 5.84. The summed E-state index contributed by atoms with van der Waals surface area (Å²) in [6.07, 6.45) is 6.69. The van der Waals surface area contributed by atoms with Crippen molar-refractivity contribution >= 4 is 5.78 Å². The zero-order valence-corrected chi connectivity index (χ0v) is 11.3. The lowest BCUT2D eigenvalue weighted by atomic mass is 9.91. The van der Waals surface area contributed by atoms with Gasteiger partial charge in [0.2, 0.25) is 0 Å². The number of likely N-dealkylation sites (N-methyl/N-ethyl adjacent to an activating group) is 1. The zero-order chi connectivity index (χ0) is 12.3. The quantitative estimate of drug-likeness (QED) is 0.750. The number of hydrogen-bond acceptors (Lipinski definition) is 3. The van der Waals surface area contributed by atoms with Crippen molar-refractivity contribution in [3.63, 3.8) is 0 Å². The zero-order valence-electron chi connectivity index (χ0n) is 11.3. The predicted octanol–water partition coefficient (Wildman–Crippen LogP) is 1.91. The molecule has 1 saturated heterocycles. The third kappa shape index (κ3) is 3.08. The average Bonchev–Trinajstić information content (AvgIpc) is 2.39. The van der Waals surface area contributed by atoms with Crippen molar-refractivity contribution in [3.8, 4) is 0 Å². The number of Topliss-reactive ketones (excluding diaryl/α,β-unsaturated/α-hetero) is 1. The second-order valence-corrected chi connectivity index (χ2v) is 5.56. The first-order valence-corrected chi connectivity index (χ1v) is 7.19. The molecule has 1 saturated carbocycles. The van der Waals surface area contributed by atoms with Gasteiger partial charge in [-0.1, -0.05) is 13.3 Å². The Morgan fingerprint density at radius 1 is 1.24 bits per heavy atom. The molecular weight excluding hydrogens is 212 g/mol. The van der Waals surface area contributed by atoms with E-state index in [1.807, 2.05) is 0 Å². The van der Waals surface area contributed by atoms with Gasteiger partial charge in [0.25, 0.3) is 0 Å². The molecule has 1 unspecified atom stereocenters. The molecule has 17 heavy (non-hydrogen) atoms. The van der Waals surface area contributed by atoms with E-state index < -0.39 is 0 Å². The van der Waals surface area contributed by atoms with Gasteiger partial charge in [0.05, 0.1) is 6.04 Å². The van der Waals surface area contributed by atoms with Crippen LogP contribution in [0.25, 0.3) is 0 Å². The van der Waals surface area contributed by atoms with Crippen molar-refractivity contribution in [2.24, 2.45) is 0 Å². The van der Waals surface area contributed by atoms with Crippen LogP contribution in [-0.2, 0) is 4.79 Å². The summed E-state index contributed by atoms with van der Waals surface area (Å²) < 4.78 is 0. The first-order valence-electron chi connectivity index (χ1n) is 7.19. The average molecular weight is 238 g/mol. The molecule has 0 spiro atoms. The Balaban J connectivity index is 1.87. The van der Waals surface area contributed by atoms with Crippen LogP contribution in [0.15, 0.2) is 0 Å². The standard InChI is InChI=1S/C14H26N2O/c1-3-16-10-8-12(9-11-16)15(2)13-6-4-5-7-14(13)17/h12-13H,3-11H2,1-2H3. The van der Waals surface area contributed by atoms with Gasteiger partial charge in [0, 0.05) is 12.5 Å². The highest BCUT2D eigenvalue weighted by atomic mass is 16.1. The van der Waals surface area contributed by atoms with Gasteiger partial charge in [-0.3, -0.25) is 9.69 Å². The summed E-state index contributed by atoms with van der Waals surface area (Å²) in [6.45, 7) is 5.80. The topological polar surface area (TPSA) is 23.6 Å². The number of hydrogen-bond donors (Lipinski definition) is 0. The van der Waals surface area contributed by atoms with E-state index in [4.69, 9.17) is 0 Å². The summed E-state index contributed by atoms with van der Waals surface area (Å²) in [5, 5.41) is 0. The van der Waals surface area contributed by atoms with Crippen molar-refractivity contribution in [2.45, 2.75) is 57.5 Å². The molecule has 3 nitrogen and oxygen atoms in total. The molecule has 1 aliphatic carbocycles. The van der Waals surface area contributed by atoms with E-state index in [9.17, 15) is 4.79 Å². The number of likely N-dealkylation sites (tertiary alicyclic amines) is 1. The van der Waals surface area contributed by atoms with Gasteiger partial charge in [-0.2, -0.15) is 0 Å². The summed E-state index contributed by atoms with van der Waals surface area (Å²) in [4.78, 5) is 16.8. The molecule has 0 bridgehead atoms. The van der Waals surface area contributed by atoms with Gasteiger partial charge < -0.3 is 4.90 Å². The summed E-state index contributed by atoms with van der Waals surface area (Å²) >= 11 is 0. The largest absolute Gasteiger partial charge is 0.303 e. The van der Waals surface area contributed by atoms with E-state index in [1.165, 1.54) is 38.9 Å². The van der Waals surface area contributed by atoms with Gasteiger partial charge in [0.1, 0.15) is 5.78 Å². The molecule has 1 atom stereocenters. The van der Waals surface area contributed by atoms with Crippen LogP contribution in [0.3, 0.4) is 0 Å². The van der Waals surface area contributed by atoms with Crippen LogP contribution in [0.1, 0.15) is 45.4 Å². The van der Waals surface area contributed by atoms with Crippen LogP contribution in [0.4, 0.5) is 0 Å². The molecule has 98 valence electrons. The SMILES string of the molecule is CCN1CCC(N(C)C2CCCCC2=O)CC1. The smallest absolute Gasteiger partial charge is 0.149 e. The number of nitrogens with zero attached hydrogens (tertiary/aromatic N) is 2. The predicted molar refractivity (Wildman–Crippen MR) is 70.2 cm³/mol. The number of carbonyl (C=O) groups excluding carboxylic acids is 1. The maximum atomic E-state index is 11.9. The Morgan fingerprint density at radius 3 is 2.53 bits per heavy atom. The number of carbonyl (C=O) groups is 1.